The number of fused-ring (bicyclic) bond motifs is 3. The van der Waals surface area contributed by atoms with Crippen LogP contribution in [-0.4, -0.2) is 25.7 Å². The second-order valence-corrected chi connectivity index (χ2v) is 6.27. The first-order valence-electron chi connectivity index (χ1n) is 7.99. The number of aryl methyl sites for hydroxylation is 1. The van der Waals surface area contributed by atoms with Gasteiger partial charge in [-0.3, -0.25) is 0 Å². The van der Waals surface area contributed by atoms with E-state index in [1.165, 1.54) is 40.8 Å². The molecule has 0 bridgehead atoms. The van der Waals surface area contributed by atoms with Gasteiger partial charge >= 0.3 is 0 Å². The SMILES string of the molecule is Cc1ccc(-c2cccc3c2N2CCNCCC2C3)cc1. The van der Waals surface area contributed by atoms with Crippen molar-refractivity contribution in [3.05, 3.63) is 53.6 Å². The zero-order valence-corrected chi connectivity index (χ0v) is 12.6. The molecule has 2 aliphatic heterocycles. The summed E-state index contributed by atoms with van der Waals surface area (Å²) in [5, 5.41) is 3.53. The van der Waals surface area contributed by atoms with Crippen molar-refractivity contribution in [2.24, 2.45) is 0 Å². The minimum Gasteiger partial charge on any atom is -0.366 e. The highest BCUT2D eigenvalue weighted by molar-refractivity contribution is 5.83. The van der Waals surface area contributed by atoms with Crippen molar-refractivity contribution in [1.82, 2.24) is 5.32 Å². The first-order valence-corrected chi connectivity index (χ1v) is 7.99. The first kappa shape index (κ1) is 12.9. The van der Waals surface area contributed by atoms with Crippen molar-refractivity contribution in [1.29, 1.82) is 0 Å². The summed E-state index contributed by atoms with van der Waals surface area (Å²) in [7, 11) is 0. The van der Waals surface area contributed by atoms with E-state index in [9.17, 15) is 0 Å². The molecule has 21 heavy (non-hydrogen) atoms. The topological polar surface area (TPSA) is 15.3 Å². The van der Waals surface area contributed by atoms with E-state index in [0.717, 1.165) is 19.6 Å². The molecule has 2 heteroatoms. The summed E-state index contributed by atoms with van der Waals surface area (Å²) < 4.78 is 0. The van der Waals surface area contributed by atoms with E-state index in [0.29, 0.717) is 6.04 Å². The van der Waals surface area contributed by atoms with E-state index in [1.807, 2.05) is 0 Å². The molecule has 0 radical (unpaired) electrons. The van der Waals surface area contributed by atoms with Gasteiger partial charge in [-0.25, -0.2) is 0 Å². The summed E-state index contributed by atoms with van der Waals surface area (Å²) in [5.41, 5.74) is 7.07. The summed E-state index contributed by atoms with van der Waals surface area (Å²) in [6, 6.07) is 16.4. The van der Waals surface area contributed by atoms with Crippen molar-refractivity contribution < 1.29 is 0 Å². The number of para-hydroxylation sites is 1. The minimum absolute atomic E-state index is 0.682. The van der Waals surface area contributed by atoms with Gasteiger partial charge in [0, 0.05) is 30.4 Å². The lowest BCUT2D eigenvalue weighted by molar-refractivity contribution is 0.612. The molecule has 1 saturated heterocycles. The molecular weight excluding hydrogens is 256 g/mol. The average Bonchev–Trinajstić information content (AvgIpc) is 2.70. The van der Waals surface area contributed by atoms with E-state index in [1.54, 1.807) is 0 Å². The zero-order valence-electron chi connectivity index (χ0n) is 12.6. The van der Waals surface area contributed by atoms with Gasteiger partial charge in [-0.05, 0) is 37.4 Å². The normalized spacial score (nSPS) is 20.8. The number of nitrogens with zero attached hydrogens (tertiary/aromatic N) is 1. The van der Waals surface area contributed by atoms with E-state index < -0.39 is 0 Å². The van der Waals surface area contributed by atoms with Crippen LogP contribution in [0.1, 0.15) is 17.5 Å². The highest BCUT2D eigenvalue weighted by Crippen LogP contribution is 2.41. The molecular formula is C19H22N2. The lowest BCUT2D eigenvalue weighted by Crippen LogP contribution is -2.33. The molecule has 2 heterocycles. The average molecular weight is 278 g/mol. The Morgan fingerprint density at radius 2 is 1.90 bits per heavy atom. The molecule has 4 rings (SSSR count). The van der Waals surface area contributed by atoms with Crippen molar-refractivity contribution in [3.8, 4) is 11.1 Å². The molecule has 1 atom stereocenters. The maximum Gasteiger partial charge on any atom is 0.0482 e. The molecule has 0 aromatic heterocycles. The first-order chi connectivity index (χ1) is 10.3. The van der Waals surface area contributed by atoms with Crippen LogP contribution < -0.4 is 10.2 Å². The Hall–Kier alpha value is -1.80. The summed E-state index contributed by atoms with van der Waals surface area (Å²) in [5.74, 6) is 0. The van der Waals surface area contributed by atoms with Gasteiger partial charge < -0.3 is 10.2 Å². The summed E-state index contributed by atoms with van der Waals surface area (Å²) in [6.07, 6.45) is 2.46. The smallest absolute Gasteiger partial charge is 0.0482 e. The van der Waals surface area contributed by atoms with Gasteiger partial charge in [-0.1, -0.05) is 48.0 Å². The van der Waals surface area contributed by atoms with Crippen LogP contribution in [0.2, 0.25) is 0 Å². The fourth-order valence-electron chi connectivity index (χ4n) is 3.75. The van der Waals surface area contributed by atoms with Crippen LogP contribution in [-0.2, 0) is 6.42 Å². The Morgan fingerprint density at radius 3 is 2.76 bits per heavy atom. The molecule has 1 N–H and O–H groups in total. The number of rotatable bonds is 1. The third-order valence-corrected chi connectivity index (χ3v) is 4.85. The van der Waals surface area contributed by atoms with Gasteiger partial charge in [0.1, 0.15) is 0 Å². The van der Waals surface area contributed by atoms with Crippen LogP contribution in [0.15, 0.2) is 42.5 Å². The fraction of sp³-hybridized carbons (Fsp3) is 0.368. The molecule has 108 valence electrons. The van der Waals surface area contributed by atoms with E-state index >= 15 is 0 Å². The van der Waals surface area contributed by atoms with Crippen molar-refractivity contribution in [2.75, 3.05) is 24.5 Å². The third kappa shape index (κ3) is 2.24. The fourth-order valence-corrected chi connectivity index (χ4v) is 3.75. The predicted molar refractivity (Wildman–Crippen MR) is 88.9 cm³/mol. The van der Waals surface area contributed by atoms with Gasteiger partial charge in [0.2, 0.25) is 0 Å². The second kappa shape index (κ2) is 5.19. The van der Waals surface area contributed by atoms with Gasteiger partial charge in [0.25, 0.3) is 0 Å². The van der Waals surface area contributed by atoms with Crippen molar-refractivity contribution in [2.45, 2.75) is 25.8 Å². The van der Waals surface area contributed by atoms with Gasteiger partial charge in [-0.15, -0.1) is 0 Å². The molecule has 2 aliphatic rings. The molecule has 0 aliphatic carbocycles. The number of benzene rings is 2. The number of hydrogen-bond acceptors (Lipinski definition) is 2. The zero-order chi connectivity index (χ0) is 14.2. The molecule has 0 spiro atoms. The van der Waals surface area contributed by atoms with E-state index in [-0.39, 0.29) is 0 Å². The van der Waals surface area contributed by atoms with E-state index in [4.69, 9.17) is 0 Å². The van der Waals surface area contributed by atoms with Crippen LogP contribution >= 0.6 is 0 Å². The molecule has 1 unspecified atom stereocenters. The largest absolute Gasteiger partial charge is 0.366 e. The highest BCUT2D eigenvalue weighted by atomic mass is 15.2. The molecule has 2 aromatic carbocycles. The lowest BCUT2D eigenvalue weighted by Gasteiger charge is -2.26. The molecule has 1 fully saturated rings. The Balaban J connectivity index is 1.81. The van der Waals surface area contributed by atoms with Crippen LogP contribution in [0.25, 0.3) is 11.1 Å². The van der Waals surface area contributed by atoms with Gasteiger partial charge in [0.05, 0.1) is 0 Å². The lowest BCUT2D eigenvalue weighted by atomic mass is 9.99. The Morgan fingerprint density at radius 1 is 1.05 bits per heavy atom. The molecule has 0 amide bonds. The Labute approximate surface area is 126 Å². The van der Waals surface area contributed by atoms with Crippen LogP contribution in [0, 0.1) is 6.92 Å². The van der Waals surface area contributed by atoms with Crippen molar-refractivity contribution in [3.63, 3.8) is 0 Å². The standard InChI is InChI=1S/C19H22N2/c1-14-5-7-15(8-6-14)18-4-2-3-16-13-17-9-10-20-11-12-21(17)19(16)18/h2-8,17,20H,9-13H2,1H3. The number of hydrogen-bond donors (Lipinski definition) is 1. The van der Waals surface area contributed by atoms with E-state index in [2.05, 4.69) is 59.6 Å². The van der Waals surface area contributed by atoms with Crippen molar-refractivity contribution >= 4 is 5.69 Å². The number of anilines is 1. The van der Waals surface area contributed by atoms with Crippen LogP contribution in [0.4, 0.5) is 5.69 Å². The monoisotopic (exact) mass is 278 g/mol. The molecule has 0 saturated carbocycles. The summed E-state index contributed by atoms with van der Waals surface area (Å²) in [6.45, 7) is 5.52. The summed E-state index contributed by atoms with van der Waals surface area (Å²) >= 11 is 0. The second-order valence-electron chi connectivity index (χ2n) is 6.27. The van der Waals surface area contributed by atoms with Gasteiger partial charge in [-0.2, -0.15) is 0 Å². The maximum atomic E-state index is 3.53. The Kier molecular flexibility index (Phi) is 3.19. The Bertz CT molecular complexity index is 645. The highest BCUT2D eigenvalue weighted by Gasteiger charge is 2.31. The number of nitrogens with one attached hydrogen (secondary N) is 1. The molecule has 2 nitrogen and oxygen atoms in total. The van der Waals surface area contributed by atoms with Gasteiger partial charge in [0.15, 0.2) is 0 Å². The molecule has 2 aromatic rings. The quantitative estimate of drug-likeness (QED) is 0.860. The van der Waals surface area contributed by atoms with Crippen LogP contribution in [0.5, 0.6) is 0 Å². The minimum atomic E-state index is 0.682. The van der Waals surface area contributed by atoms with Crippen LogP contribution in [0.3, 0.4) is 0 Å². The summed E-state index contributed by atoms with van der Waals surface area (Å²) in [4.78, 5) is 2.64. The predicted octanol–water partition coefficient (Wildman–Crippen LogP) is 3.39. The maximum absolute atomic E-state index is 3.53. The third-order valence-electron chi connectivity index (χ3n) is 4.85.